The lowest BCUT2D eigenvalue weighted by Crippen LogP contribution is -2.34. The molecule has 0 bridgehead atoms. The van der Waals surface area contributed by atoms with E-state index in [0.717, 1.165) is 5.56 Å². The molecule has 2 aromatic rings. The highest BCUT2D eigenvalue weighted by atomic mass is 35.5. The molecule has 0 saturated carbocycles. The van der Waals surface area contributed by atoms with Crippen molar-refractivity contribution in [3.63, 3.8) is 0 Å². The van der Waals surface area contributed by atoms with Gasteiger partial charge in [0.1, 0.15) is 0 Å². The first-order valence-electron chi connectivity index (χ1n) is 6.94. The second-order valence-corrected chi connectivity index (χ2v) is 5.99. The van der Waals surface area contributed by atoms with Gasteiger partial charge in [0.2, 0.25) is 0 Å². The van der Waals surface area contributed by atoms with Gasteiger partial charge in [0.05, 0.1) is 21.7 Å². The normalized spacial score (nSPS) is 12.2. The first kappa shape index (κ1) is 16.8. The molecular weight excluding hydrogens is 319 g/mol. The lowest BCUT2D eigenvalue weighted by atomic mass is 10.1. The maximum Gasteiger partial charge on any atom is 0.252 e. The van der Waals surface area contributed by atoms with Crippen LogP contribution in [0.25, 0.3) is 0 Å². The number of halogens is 2. The summed E-state index contributed by atoms with van der Waals surface area (Å²) in [5, 5.41) is 3.58. The Kier molecular flexibility index (Phi) is 5.83. The van der Waals surface area contributed by atoms with Gasteiger partial charge < -0.3 is 10.2 Å². The quantitative estimate of drug-likeness (QED) is 0.894. The predicted molar refractivity (Wildman–Crippen MR) is 91.7 cm³/mol. The third kappa shape index (κ3) is 4.01. The highest BCUT2D eigenvalue weighted by Gasteiger charge is 2.17. The van der Waals surface area contributed by atoms with Crippen LogP contribution in [0.5, 0.6) is 0 Å². The molecule has 1 N–H and O–H groups in total. The van der Waals surface area contributed by atoms with Crippen LogP contribution in [0.4, 0.5) is 0 Å². The monoisotopic (exact) mass is 336 g/mol. The molecule has 5 heteroatoms. The number of amides is 1. The van der Waals surface area contributed by atoms with E-state index < -0.39 is 0 Å². The fourth-order valence-corrected chi connectivity index (χ4v) is 2.62. The number of hydrogen-bond donors (Lipinski definition) is 1. The molecule has 1 atom stereocenters. The summed E-state index contributed by atoms with van der Waals surface area (Å²) in [5.41, 5.74) is 1.53. The van der Waals surface area contributed by atoms with Crippen LogP contribution in [0.1, 0.15) is 22.0 Å². The van der Waals surface area contributed by atoms with E-state index in [9.17, 15) is 4.79 Å². The minimum Gasteiger partial charge on any atom is -0.350 e. The topological polar surface area (TPSA) is 32.3 Å². The molecule has 0 saturated heterocycles. The molecular formula is C17H18Cl2N2O. The molecule has 0 aliphatic carbocycles. The van der Waals surface area contributed by atoms with Gasteiger partial charge in [0, 0.05) is 6.54 Å². The average molecular weight is 337 g/mol. The number of carbonyl (C=O) groups is 1. The molecule has 2 rings (SSSR count). The van der Waals surface area contributed by atoms with Crippen LogP contribution >= 0.6 is 23.2 Å². The summed E-state index contributed by atoms with van der Waals surface area (Å²) in [5.74, 6) is -0.227. The smallest absolute Gasteiger partial charge is 0.252 e. The molecule has 1 amide bonds. The zero-order chi connectivity index (χ0) is 16.1. The first-order chi connectivity index (χ1) is 10.5. The van der Waals surface area contributed by atoms with Crippen LogP contribution in [0, 0.1) is 0 Å². The van der Waals surface area contributed by atoms with E-state index in [0.29, 0.717) is 17.1 Å². The maximum atomic E-state index is 12.3. The van der Waals surface area contributed by atoms with Gasteiger partial charge in [-0.25, -0.2) is 0 Å². The van der Waals surface area contributed by atoms with Crippen molar-refractivity contribution in [2.24, 2.45) is 0 Å². The largest absolute Gasteiger partial charge is 0.350 e. The van der Waals surface area contributed by atoms with Gasteiger partial charge in [0.25, 0.3) is 5.91 Å². The molecule has 0 aliphatic heterocycles. The highest BCUT2D eigenvalue weighted by Crippen LogP contribution is 2.25. The van der Waals surface area contributed by atoms with Gasteiger partial charge >= 0.3 is 0 Å². The summed E-state index contributed by atoms with van der Waals surface area (Å²) in [6, 6.07) is 15.2. The van der Waals surface area contributed by atoms with Crippen molar-refractivity contribution in [2.75, 3.05) is 20.6 Å². The Morgan fingerprint density at radius 2 is 1.77 bits per heavy atom. The number of likely N-dealkylation sites (N-methyl/N-ethyl adjacent to an activating group) is 1. The Labute approximate surface area is 140 Å². The molecule has 2 aromatic carbocycles. The number of nitrogens with one attached hydrogen (secondary N) is 1. The molecule has 0 spiro atoms. The predicted octanol–water partition coefficient (Wildman–Crippen LogP) is 4.03. The number of hydrogen-bond acceptors (Lipinski definition) is 2. The number of nitrogens with zero attached hydrogens (tertiary/aromatic N) is 1. The lowest BCUT2D eigenvalue weighted by molar-refractivity contribution is 0.0942. The Balaban J connectivity index is 2.10. The van der Waals surface area contributed by atoms with Crippen LogP contribution in [-0.4, -0.2) is 31.4 Å². The zero-order valence-electron chi connectivity index (χ0n) is 12.5. The van der Waals surface area contributed by atoms with Crippen LogP contribution in [0.3, 0.4) is 0 Å². The van der Waals surface area contributed by atoms with E-state index in [2.05, 4.69) is 10.2 Å². The van der Waals surface area contributed by atoms with Crippen molar-refractivity contribution >= 4 is 29.1 Å². The zero-order valence-corrected chi connectivity index (χ0v) is 14.0. The summed E-state index contributed by atoms with van der Waals surface area (Å²) < 4.78 is 0. The van der Waals surface area contributed by atoms with Gasteiger partial charge in [-0.15, -0.1) is 0 Å². The summed E-state index contributed by atoms with van der Waals surface area (Å²) >= 11 is 12.0. The maximum absolute atomic E-state index is 12.3. The van der Waals surface area contributed by atoms with Crippen molar-refractivity contribution in [3.8, 4) is 0 Å². The van der Waals surface area contributed by atoms with Crippen molar-refractivity contribution in [1.29, 1.82) is 0 Å². The van der Waals surface area contributed by atoms with E-state index in [1.165, 1.54) is 0 Å². The highest BCUT2D eigenvalue weighted by molar-refractivity contribution is 6.43. The first-order valence-corrected chi connectivity index (χ1v) is 7.70. The molecule has 116 valence electrons. The third-order valence-electron chi connectivity index (χ3n) is 3.46. The van der Waals surface area contributed by atoms with Crippen LogP contribution in [-0.2, 0) is 0 Å². The molecule has 3 nitrogen and oxygen atoms in total. The van der Waals surface area contributed by atoms with Crippen molar-refractivity contribution in [2.45, 2.75) is 6.04 Å². The molecule has 0 aromatic heterocycles. The van der Waals surface area contributed by atoms with E-state index in [-0.39, 0.29) is 17.0 Å². The summed E-state index contributed by atoms with van der Waals surface area (Å²) in [6.07, 6.45) is 0. The summed E-state index contributed by atoms with van der Waals surface area (Å²) in [6.45, 7) is 0.485. The standard InChI is InChI=1S/C17H18Cl2N2O/c1-21(2)15(12-7-4-3-5-8-12)11-20-17(22)13-9-6-10-14(18)16(13)19/h3-10,15H,11H2,1-2H3,(H,20,22). The van der Waals surface area contributed by atoms with Crippen molar-refractivity contribution < 1.29 is 4.79 Å². The Morgan fingerprint density at radius 3 is 2.41 bits per heavy atom. The molecule has 22 heavy (non-hydrogen) atoms. The average Bonchev–Trinajstić information content (AvgIpc) is 2.50. The van der Waals surface area contributed by atoms with Gasteiger partial charge in [-0.1, -0.05) is 59.6 Å². The Morgan fingerprint density at radius 1 is 1.09 bits per heavy atom. The molecule has 1 unspecified atom stereocenters. The van der Waals surface area contributed by atoms with Crippen LogP contribution < -0.4 is 5.32 Å². The molecule has 0 fully saturated rings. The number of carbonyl (C=O) groups excluding carboxylic acids is 1. The Bertz CT molecular complexity index is 644. The number of rotatable bonds is 5. The van der Waals surface area contributed by atoms with Crippen LogP contribution in [0.15, 0.2) is 48.5 Å². The molecule has 0 aliphatic rings. The minimum atomic E-state index is -0.227. The molecule has 0 radical (unpaired) electrons. The second kappa shape index (κ2) is 7.63. The Hall–Kier alpha value is -1.55. The SMILES string of the molecule is CN(C)C(CNC(=O)c1cccc(Cl)c1Cl)c1ccccc1. The summed E-state index contributed by atoms with van der Waals surface area (Å²) in [7, 11) is 3.96. The van der Waals surface area contributed by atoms with Gasteiger partial charge in [0.15, 0.2) is 0 Å². The second-order valence-electron chi connectivity index (χ2n) is 5.20. The number of benzene rings is 2. The third-order valence-corrected chi connectivity index (χ3v) is 4.28. The van der Waals surface area contributed by atoms with Crippen molar-refractivity contribution in [1.82, 2.24) is 10.2 Å². The summed E-state index contributed by atoms with van der Waals surface area (Å²) in [4.78, 5) is 14.4. The lowest BCUT2D eigenvalue weighted by Gasteiger charge is -2.25. The minimum absolute atomic E-state index is 0.0862. The van der Waals surface area contributed by atoms with E-state index in [4.69, 9.17) is 23.2 Å². The van der Waals surface area contributed by atoms with Gasteiger partial charge in [-0.3, -0.25) is 4.79 Å². The van der Waals surface area contributed by atoms with Gasteiger partial charge in [-0.2, -0.15) is 0 Å². The fraction of sp³-hybridized carbons (Fsp3) is 0.235. The van der Waals surface area contributed by atoms with Gasteiger partial charge in [-0.05, 0) is 31.8 Å². The van der Waals surface area contributed by atoms with Crippen LogP contribution in [0.2, 0.25) is 10.0 Å². The van der Waals surface area contributed by atoms with E-state index >= 15 is 0 Å². The van der Waals surface area contributed by atoms with Crippen molar-refractivity contribution in [3.05, 3.63) is 69.7 Å². The fourth-order valence-electron chi connectivity index (χ4n) is 2.24. The van der Waals surface area contributed by atoms with E-state index in [1.807, 2.05) is 44.4 Å². The van der Waals surface area contributed by atoms with E-state index in [1.54, 1.807) is 18.2 Å². The molecule has 0 heterocycles.